The molecule has 1 aliphatic heterocycles. The van der Waals surface area contributed by atoms with Gasteiger partial charge in [-0.15, -0.1) is 0 Å². The van der Waals surface area contributed by atoms with Crippen LogP contribution in [0.15, 0.2) is 30.5 Å². The van der Waals surface area contributed by atoms with Gasteiger partial charge in [0.15, 0.2) is 0 Å². The number of hydrogen-bond acceptors (Lipinski definition) is 6. The SMILES string of the molecule is Cc1nc(Nc2ccccn2)cc([C@@H]2CCN(CC(N)=O)C2)n1. The Kier molecular flexibility index (Phi) is 4.47. The molecule has 0 unspecified atom stereocenters. The molecule has 3 rings (SSSR count). The van der Waals surface area contributed by atoms with E-state index < -0.39 is 0 Å². The lowest BCUT2D eigenvalue weighted by atomic mass is 10.0. The van der Waals surface area contributed by atoms with Crippen molar-refractivity contribution >= 4 is 17.5 Å². The van der Waals surface area contributed by atoms with Gasteiger partial charge in [-0.25, -0.2) is 15.0 Å². The zero-order valence-corrected chi connectivity index (χ0v) is 13.1. The van der Waals surface area contributed by atoms with Crippen LogP contribution >= 0.6 is 0 Å². The number of aryl methyl sites for hydroxylation is 1. The lowest BCUT2D eigenvalue weighted by molar-refractivity contribution is -0.118. The van der Waals surface area contributed by atoms with Crippen LogP contribution in [0.4, 0.5) is 11.6 Å². The molecule has 23 heavy (non-hydrogen) atoms. The van der Waals surface area contributed by atoms with Crippen LogP contribution in [-0.4, -0.2) is 45.4 Å². The van der Waals surface area contributed by atoms with Crippen molar-refractivity contribution in [2.24, 2.45) is 5.73 Å². The fourth-order valence-corrected chi connectivity index (χ4v) is 2.87. The topological polar surface area (TPSA) is 97.0 Å². The Hall–Kier alpha value is -2.54. The lowest BCUT2D eigenvalue weighted by Gasteiger charge is -2.14. The van der Waals surface area contributed by atoms with Crippen LogP contribution in [0.1, 0.15) is 23.9 Å². The summed E-state index contributed by atoms with van der Waals surface area (Å²) in [5.74, 6) is 2.20. The van der Waals surface area contributed by atoms with Gasteiger partial charge in [0.05, 0.1) is 12.2 Å². The van der Waals surface area contributed by atoms with E-state index in [0.717, 1.165) is 36.8 Å². The van der Waals surface area contributed by atoms with Crippen molar-refractivity contribution in [3.8, 4) is 0 Å². The van der Waals surface area contributed by atoms with Crippen LogP contribution in [0.5, 0.6) is 0 Å². The number of amides is 1. The summed E-state index contributed by atoms with van der Waals surface area (Å²) < 4.78 is 0. The van der Waals surface area contributed by atoms with Crippen LogP contribution in [0.25, 0.3) is 0 Å². The number of nitrogens with one attached hydrogen (secondary N) is 1. The number of aromatic nitrogens is 3. The second kappa shape index (κ2) is 6.70. The second-order valence-electron chi connectivity index (χ2n) is 5.75. The number of nitrogens with two attached hydrogens (primary N) is 1. The molecule has 0 saturated carbocycles. The third kappa shape index (κ3) is 4.01. The quantitative estimate of drug-likeness (QED) is 0.861. The molecule has 0 aliphatic carbocycles. The normalized spacial score (nSPS) is 18.0. The van der Waals surface area contributed by atoms with Crippen molar-refractivity contribution in [2.75, 3.05) is 25.0 Å². The minimum atomic E-state index is -0.290. The van der Waals surface area contributed by atoms with Gasteiger partial charge in [-0.2, -0.15) is 0 Å². The number of primary amides is 1. The third-order valence-corrected chi connectivity index (χ3v) is 3.85. The molecule has 7 nitrogen and oxygen atoms in total. The molecule has 1 fully saturated rings. The fourth-order valence-electron chi connectivity index (χ4n) is 2.87. The number of carbonyl (C=O) groups excluding carboxylic acids is 1. The van der Waals surface area contributed by atoms with E-state index in [1.54, 1.807) is 6.20 Å². The number of rotatable bonds is 5. The lowest BCUT2D eigenvalue weighted by Crippen LogP contribution is -2.31. The molecule has 2 aromatic heterocycles. The summed E-state index contributed by atoms with van der Waals surface area (Å²) >= 11 is 0. The highest BCUT2D eigenvalue weighted by atomic mass is 16.1. The van der Waals surface area contributed by atoms with E-state index in [4.69, 9.17) is 5.73 Å². The molecule has 120 valence electrons. The monoisotopic (exact) mass is 312 g/mol. The number of hydrogen-bond donors (Lipinski definition) is 2. The molecule has 7 heteroatoms. The molecule has 2 aromatic rings. The first-order valence-electron chi connectivity index (χ1n) is 7.64. The Balaban J connectivity index is 1.74. The first-order valence-corrected chi connectivity index (χ1v) is 7.64. The average Bonchev–Trinajstić information content (AvgIpc) is 2.95. The fraction of sp³-hybridized carbons (Fsp3) is 0.375. The standard InChI is InChI=1S/C16H20N6O/c1-11-19-13(12-5-7-22(9-12)10-14(17)23)8-16(20-11)21-15-4-2-3-6-18-15/h2-4,6,8,12H,5,7,9-10H2,1H3,(H2,17,23)(H,18,19,20,21)/t12-/m1/s1. The van der Waals surface area contributed by atoms with Crippen molar-refractivity contribution < 1.29 is 4.79 Å². The maximum absolute atomic E-state index is 11.0. The molecule has 1 saturated heterocycles. The van der Waals surface area contributed by atoms with Gasteiger partial charge < -0.3 is 11.1 Å². The smallest absolute Gasteiger partial charge is 0.231 e. The van der Waals surface area contributed by atoms with Crippen LogP contribution < -0.4 is 11.1 Å². The number of pyridine rings is 1. The first kappa shape index (κ1) is 15.4. The first-order chi connectivity index (χ1) is 11.1. The van der Waals surface area contributed by atoms with Gasteiger partial charge in [-0.3, -0.25) is 9.69 Å². The number of likely N-dealkylation sites (tertiary alicyclic amines) is 1. The van der Waals surface area contributed by atoms with E-state index in [1.165, 1.54) is 0 Å². The van der Waals surface area contributed by atoms with Gasteiger partial charge in [-0.1, -0.05) is 6.07 Å². The summed E-state index contributed by atoms with van der Waals surface area (Å²) in [6.45, 7) is 3.84. The van der Waals surface area contributed by atoms with Gasteiger partial charge in [0.2, 0.25) is 5.91 Å². The van der Waals surface area contributed by atoms with E-state index in [-0.39, 0.29) is 5.91 Å². The Bertz CT molecular complexity index is 690. The Morgan fingerprint density at radius 2 is 2.26 bits per heavy atom. The molecule has 0 radical (unpaired) electrons. The van der Waals surface area contributed by atoms with Crippen LogP contribution in [0.3, 0.4) is 0 Å². The van der Waals surface area contributed by atoms with Crippen molar-refractivity contribution in [1.82, 2.24) is 19.9 Å². The zero-order chi connectivity index (χ0) is 16.2. The number of carbonyl (C=O) groups is 1. The van der Waals surface area contributed by atoms with Crippen molar-refractivity contribution in [3.05, 3.63) is 42.0 Å². The number of nitrogens with zero attached hydrogens (tertiary/aromatic N) is 4. The summed E-state index contributed by atoms with van der Waals surface area (Å²) in [6, 6.07) is 7.64. The van der Waals surface area contributed by atoms with Gasteiger partial charge in [0, 0.05) is 24.7 Å². The predicted molar refractivity (Wildman–Crippen MR) is 87.3 cm³/mol. The van der Waals surface area contributed by atoms with Crippen LogP contribution in [-0.2, 0) is 4.79 Å². The molecule has 3 heterocycles. The van der Waals surface area contributed by atoms with Crippen molar-refractivity contribution in [2.45, 2.75) is 19.3 Å². The summed E-state index contributed by atoms with van der Waals surface area (Å²) in [5.41, 5.74) is 6.26. The minimum absolute atomic E-state index is 0.290. The predicted octanol–water partition coefficient (Wildman–Crippen LogP) is 1.20. The van der Waals surface area contributed by atoms with Crippen molar-refractivity contribution in [1.29, 1.82) is 0 Å². The largest absolute Gasteiger partial charge is 0.369 e. The summed E-state index contributed by atoms with van der Waals surface area (Å²) in [4.78, 5) is 26.3. The highest BCUT2D eigenvalue weighted by molar-refractivity contribution is 5.76. The summed E-state index contributed by atoms with van der Waals surface area (Å²) in [7, 11) is 0. The molecule has 1 atom stereocenters. The highest BCUT2D eigenvalue weighted by Gasteiger charge is 2.26. The average molecular weight is 312 g/mol. The van der Waals surface area contributed by atoms with Gasteiger partial charge >= 0.3 is 0 Å². The maximum atomic E-state index is 11.0. The van der Waals surface area contributed by atoms with Gasteiger partial charge in [0.1, 0.15) is 17.5 Å². The zero-order valence-electron chi connectivity index (χ0n) is 13.1. The second-order valence-corrected chi connectivity index (χ2v) is 5.75. The van der Waals surface area contributed by atoms with Crippen molar-refractivity contribution in [3.63, 3.8) is 0 Å². The molecule has 0 aromatic carbocycles. The van der Waals surface area contributed by atoms with Gasteiger partial charge in [-0.05, 0) is 32.0 Å². The van der Waals surface area contributed by atoms with Crippen LogP contribution in [0.2, 0.25) is 0 Å². The molecule has 1 aliphatic rings. The molecule has 0 spiro atoms. The molecular formula is C16H20N6O. The van der Waals surface area contributed by atoms with E-state index in [0.29, 0.717) is 18.3 Å². The molecular weight excluding hydrogens is 292 g/mol. The molecule has 3 N–H and O–H groups in total. The Labute approximate surface area is 135 Å². The Morgan fingerprint density at radius 1 is 1.39 bits per heavy atom. The van der Waals surface area contributed by atoms with E-state index >= 15 is 0 Å². The summed E-state index contributed by atoms with van der Waals surface area (Å²) in [6.07, 6.45) is 2.70. The maximum Gasteiger partial charge on any atom is 0.231 e. The van der Waals surface area contributed by atoms with Crippen LogP contribution in [0, 0.1) is 6.92 Å². The summed E-state index contributed by atoms with van der Waals surface area (Å²) in [5, 5.41) is 3.20. The van der Waals surface area contributed by atoms with E-state index in [9.17, 15) is 4.79 Å². The Morgan fingerprint density at radius 3 is 3.00 bits per heavy atom. The van der Waals surface area contributed by atoms with Gasteiger partial charge in [0.25, 0.3) is 0 Å². The highest BCUT2D eigenvalue weighted by Crippen LogP contribution is 2.27. The van der Waals surface area contributed by atoms with E-state index in [2.05, 4.69) is 25.2 Å². The van der Waals surface area contributed by atoms with E-state index in [1.807, 2.05) is 31.2 Å². The number of anilines is 2. The molecule has 1 amide bonds. The third-order valence-electron chi connectivity index (χ3n) is 3.85. The molecule has 0 bridgehead atoms. The minimum Gasteiger partial charge on any atom is -0.369 e.